The van der Waals surface area contributed by atoms with Crippen molar-refractivity contribution in [2.24, 2.45) is 0 Å². The predicted octanol–water partition coefficient (Wildman–Crippen LogP) is 5.57. The van der Waals surface area contributed by atoms with E-state index < -0.39 is 5.91 Å². The normalized spacial score (nSPS) is 11.2. The van der Waals surface area contributed by atoms with Gasteiger partial charge in [-0.25, -0.2) is 0 Å². The molecule has 0 unspecified atom stereocenters. The number of carbonyl (C=O) groups is 1. The van der Waals surface area contributed by atoms with Crippen LogP contribution in [0.15, 0.2) is 54.1 Å². The number of aryl methyl sites for hydroxylation is 4. The van der Waals surface area contributed by atoms with E-state index in [9.17, 15) is 10.1 Å². The first-order valence-electron chi connectivity index (χ1n) is 9.56. The Morgan fingerprint density at radius 1 is 0.966 bits per heavy atom. The lowest BCUT2D eigenvalue weighted by Crippen LogP contribution is -2.13. The summed E-state index contributed by atoms with van der Waals surface area (Å²) in [5.41, 5.74) is 8.15. The molecule has 1 amide bonds. The van der Waals surface area contributed by atoms with Gasteiger partial charge in [-0.15, -0.1) is 0 Å². The van der Waals surface area contributed by atoms with Gasteiger partial charge in [0.25, 0.3) is 5.91 Å². The van der Waals surface area contributed by atoms with Crippen molar-refractivity contribution < 1.29 is 4.79 Å². The van der Waals surface area contributed by atoms with Crippen molar-refractivity contribution in [2.45, 2.75) is 34.6 Å². The lowest BCUT2D eigenvalue weighted by Gasteiger charge is -2.10. The molecule has 3 rings (SSSR count). The Hall–Kier alpha value is -3.58. The van der Waals surface area contributed by atoms with E-state index in [-0.39, 0.29) is 5.57 Å². The minimum atomic E-state index is -0.407. The van der Waals surface area contributed by atoms with E-state index in [0.29, 0.717) is 5.69 Å². The summed E-state index contributed by atoms with van der Waals surface area (Å²) < 4.78 is 2.13. The van der Waals surface area contributed by atoms with E-state index in [1.54, 1.807) is 6.08 Å². The zero-order valence-electron chi connectivity index (χ0n) is 17.5. The average Bonchev–Trinajstić information content (AvgIpc) is 2.96. The van der Waals surface area contributed by atoms with E-state index in [1.165, 1.54) is 5.56 Å². The highest BCUT2D eigenvalue weighted by Crippen LogP contribution is 2.23. The smallest absolute Gasteiger partial charge is 0.266 e. The van der Waals surface area contributed by atoms with E-state index in [1.807, 2.05) is 58.0 Å². The minimum Gasteiger partial charge on any atom is -0.321 e. The van der Waals surface area contributed by atoms with Crippen LogP contribution in [-0.4, -0.2) is 10.5 Å². The fourth-order valence-electron chi connectivity index (χ4n) is 3.35. The number of hydrogen-bond donors (Lipinski definition) is 1. The molecular formula is C25H25N3O. The van der Waals surface area contributed by atoms with Crippen molar-refractivity contribution in [3.05, 3.63) is 87.7 Å². The first-order valence-corrected chi connectivity index (χ1v) is 9.56. The maximum absolute atomic E-state index is 12.6. The molecule has 0 aliphatic carbocycles. The van der Waals surface area contributed by atoms with Crippen LogP contribution in [0.2, 0.25) is 0 Å². The number of rotatable bonds is 4. The Morgan fingerprint density at radius 2 is 1.66 bits per heavy atom. The van der Waals surface area contributed by atoms with Crippen molar-refractivity contribution in [1.82, 2.24) is 4.57 Å². The number of anilines is 1. The molecule has 29 heavy (non-hydrogen) atoms. The summed E-state index contributed by atoms with van der Waals surface area (Å²) in [6, 6.07) is 18.0. The molecule has 3 aromatic rings. The third-order valence-electron chi connectivity index (χ3n) is 5.19. The average molecular weight is 383 g/mol. The molecule has 146 valence electrons. The van der Waals surface area contributed by atoms with Crippen molar-refractivity contribution in [3.8, 4) is 11.8 Å². The Labute approximate surface area is 172 Å². The molecule has 0 saturated heterocycles. The number of aromatic nitrogens is 1. The van der Waals surface area contributed by atoms with E-state index >= 15 is 0 Å². The summed E-state index contributed by atoms with van der Waals surface area (Å²) in [7, 11) is 0. The largest absolute Gasteiger partial charge is 0.321 e. The molecule has 1 N–H and O–H groups in total. The second-order valence-electron chi connectivity index (χ2n) is 7.42. The highest BCUT2D eigenvalue weighted by atomic mass is 16.1. The molecule has 1 heterocycles. The fraction of sp³-hybridized carbons (Fsp3) is 0.200. The third kappa shape index (κ3) is 4.30. The molecule has 1 aromatic heterocycles. The van der Waals surface area contributed by atoms with Crippen molar-refractivity contribution in [2.75, 3.05) is 5.32 Å². The van der Waals surface area contributed by atoms with Gasteiger partial charge < -0.3 is 9.88 Å². The molecule has 0 saturated carbocycles. The van der Waals surface area contributed by atoms with Gasteiger partial charge in [-0.1, -0.05) is 23.8 Å². The maximum Gasteiger partial charge on any atom is 0.266 e. The molecule has 0 atom stereocenters. The van der Waals surface area contributed by atoms with Gasteiger partial charge in [0.1, 0.15) is 11.6 Å². The highest BCUT2D eigenvalue weighted by Gasteiger charge is 2.14. The van der Waals surface area contributed by atoms with E-state index in [2.05, 4.69) is 41.1 Å². The molecule has 0 aliphatic heterocycles. The Morgan fingerprint density at radius 3 is 2.28 bits per heavy atom. The monoisotopic (exact) mass is 383 g/mol. The second-order valence-corrected chi connectivity index (χ2v) is 7.42. The van der Waals surface area contributed by atoms with Gasteiger partial charge in [-0.2, -0.15) is 5.26 Å². The Bertz CT molecular complexity index is 1140. The molecule has 0 radical (unpaired) electrons. The van der Waals surface area contributed by atoms with Crippen LogP contribution >= 0.6 is 0 Å². The standard InChI is InChI=1S/C25H25N3O/c1-16-6-10-24(11-7-16)28-19(4)13-21(20(28)5)14-22(15-26)25(29)27-23-9-8-17(2)18(3)12-23/h6-14H,1-5H3,(H,27,29)/b22-14+. The summed E-state index contributed by atoms with van der Waals surface area (Å²) >= 11 is 0. The van der Waals surface area contributed by atoms with Gasteiger partial charge in [0.15, 0.2) is 0 Å². The predicted molar refractivity (Wildman–Crippen MR) is 118 cm³/mol. The van der Waals surface area contributed by atoms with Crippen molar-refractivity contribution in [1.29, 1.82) is 5.26 Å². The quantitative estimate of drug-likeness (QED) is 0.473. The highest BCUT2D eigenvalue weighted by molar-refractivity contribution is 6.09. The molecule has 0 spiro atoms. The number of hydrogen-bond acceptors (Lipinski definition) is 2. The zero-order valence-corrected chi connectivity index (χ0v) is 17.5. The van der Waals surface area contributed by atoms with Gasteiger partial charge in [0.2, 0.25) is 0 Å². The zero-order chi connectivity index (χ0) is 21.1. The SMILES string of the molecule is Cc1ccc(-n2c(C)cc(/C=C(\C#N)C(=O)Nc3ccc(C)c(C)c3)c2C)cc1. The van der Waals surface area contributed by atoms with Crippen LogP contribution in [0.3, 0.4) is 0 Å². The van der Waals surface area contributed by atoms with E-state index in [4.69, 9.17) is 0 Å². The maximum atomic E-state index is 12.6. The van der Waals surface area contributed by atoms with Crippen LogP contribution in [0, 0.1) is 45.9 Å². The van der Waals surface area contributed by atoms with Crippen molar-refractivity contribution >= 4 is 17.7 Å². The molecule has 4 nitrogen and oxygen atoms in total. The van der Waals surface area contributed by atoms with Crippen LogP contribution in [0.25, 0.3) is 11.8 Å². The summed E-state index contributed by atoms with van der Waals surface area (Å²) in [6.45, 7) is 10.1. The van der Waals surface area contributed by atoms with Crippen LogP contribution in [-0.2, 0) is 4.79 Å². The van der Waals surface area contributed by atoms with Gasteiger partial charge in [0, 0.05) is 22.8 Å². The third-order valence-corrected chi connectivity index (χ3v) is 5.19. The van der Waals surface area contributed by atoms with Crippen LogP contribution in [0.4, 0.5) is 5.69 Å². The topological polar surface area (TPSA) is 57.8 Å². The van der Waals surface area contributed by atoms with E-state index in [0.717, 1.165) is 33.8 Å². The molecule has 2 aromatic carbocycles. The summed E-state index contributed by atoms with van der Waals surface area (Å²) in [5, 5.41) is 12.4. The first-order chi connectivity index (χ1) is 13.8. The number of amides is 1. The molecule has 0 bridgehead atoms. The van der Waals surface area contributed by atoms with Gasteiger partial charge in [-0.05, 0) is 87.7 Å². The lowest BCUT2D eigenvalue weighted by molar-refractivity contribution is -0.112. The number of nitriles is 1. The number of nitrogens with one attached hydrogen (secondary N) is 1. The second kappa shape index (κ2) is 8.20. The van der Waals surface area contributed by atoms with Crippen molar-refractivity contribution in [3.63, 3.8) is 0 Å². The van der Waals surface area contributed by atoms with Gasteiger partial charge in [-0.3, -0.25) is 4.79 Å². The molecule has 0 fully saturated rings. The fourth-order valence-corrected chi connectivity index (χ4v) is 3.35. The van der Waals surface area contributed by atoms with Crippen LogP contribution in [0.1, 0.15) is 33.6 Å². The molecule has 0 aliphatic rings. The number of benzene rings is 2. The molecular weight excluding hydrogens is 358 g/mol. The number of nitrogens with zero attached hydrogens (tertiary/aromatic N) is 2. The summed E-state index contributed by atoms with van der Waals surface area (Å²) in [5.74, 6) is -0.407. The van der Waals surface area contributed by atoms with Gasteiger partial charge >= 0.3 is 0 Å². The van der Waals surface area contributed by atoms with Crippen LogP contribution in [0.5, 0.6) is 0 Å². The number of carbonyl (C=O) groups excluding carboxylic acids is 1. The minimum absolute atomic E-state index is 0.0763. The Balaban J connectivity index is 1.92. The summed E-state index contributed by atoms with van der Waals surface area (Å²) in [4.78, 5) is 12.6. The summed E-state index contributed by atoms with van der Waals surface area (Å²) in [6.07, 6.45) is 1.66. The Kier molecular flexibility index (Phi) is 5.70. The molecule has 4 heteroatoms. The lowest BCUT2D eigenvalue weighted by atomic mass is 10.1. The van der Waals surface area contributed by atoms with Crippen LogP contribution < -0.4 is 5.32 Å². The van der Waals surface area contributed by atoms with Gasteiger partial charge in [0.05, 0.1) is 0 Å². The first kappa shape index (κ1) is 20.2.